The Morgan fingerprint density at radius 3 is 3.06 bits per heavy atom. The average molecular weight is 217 g/mol. The quantitative estimate of drug-likeness (QED) is 0.698. The van der Waals surface area contributed by atoms with Crippen molar-refractivity contribution in [1.29, 1.82) is 0 Å². The van der Waals surface area contributed by atoms with Crippen molar-refractivity contribution in [1.82, 2.24) is 5.32 Å². The second-order valence-corrected chi connectivity index (χ2v) is 5.52. The van der Waals surface area contributed by atoms with Gasteiger partial charge in [0.1, 0.15) is 5.75 Å². The van der Waals surface area contributed by atoms with Crippen molar-refractivity contribution in [2.24, 2.45) is 5.92 Å². The highest BCUT2D eigenvalue weighted by molar-refractivity contribution is 5.47. The maximum atomic E-state index is 9.98. The SMILES string of the molecule is CC1C2Cc3c(O)cccc3C1(C)CCN2. The molecule has 1 aliphatic carbocycles. The van der Waals surface area contributed by atoms with Crippen molar-refractivity contribution in [3.8, 4) is 5.75 Å². The lowest BCUT2D eigenvalue weighted by atomic mass is 9.59. The van der Waals surface area contributed by atoms with E-state index in [1.807, 2.05) is 12.1 Å². The molecule has 0 aromatic heterocycles. The number of hydrogen-bond acceptors (Lipinski definition) is 2. The van der Waals surface area contributed by atoms with E-state index >= 15 is 0 Å². The van der Waals surface area contributed by atoms with Crippen molar-refractivity contribution in [3.05, 3.63) is 29.3 Å². The zero-order valence-corrected chi connectivity index (χ0v) is 9.96. The molecule has 1 aliphatic heterocycles. The van der Waals surface area contributed by atoms with E-state index in [-0.39, 0.29) is 5.41 Å². The lowest BCUT2D eigenvalue weighted by molar-refractivity contribution is 0.156. The molecule has 16 heavy (non-hydrogen) atoms. The van der Waals surface area contributed by atoms with E-state index < -0.39 is 0 Å². The number of aromatic hydroxyl groups is 1. The second-order valence-electron chi connectivity index (χ2n) is 5.52. The molecule has 0 amide bonds. The molecule has 0 spiro atoms. The molecule has 0 radical (unpaired) electrons. The highest BCUT2D eigenvalue weighted by Gasteiger charge is 2.45. The van der Waals surface area contributed by atoms with Crippen LogP contribution in [0.15, 0.2) is 18.2 Å². The summed E-state index contributed by atoms with van der Waals surface area (Å²) >= 11 is 0. The summed E-state index contributed by atoms with van der Waals surface area (Å²) in [5.74, 6) is 1.12. The first-order valence-electron chi connectivity index (χ1n) is 6.17. The number of nitrogens with one attached hydrogen (secondary N) is 1. The van der Waals surface area contributed by atoms with Gasteiger partial charge in [-0.25, -0.2) is 0 Å². The highest BCUT2D eigenvalue weighted by atomic mass is 16.3. The molecule has 3 atom stereocenters. The minimum Gasteiger partial charge on any atom is -0.508 e. The Labute approximate surface area is 96.7 Å². The van der Waals surface area contributed by atoms with Gasteiger partial charge in [-0.05, 0) is 47.9 Å². The van der Waals surface area contributed by atoms with Crippen molar-refractivity contribution in [2.75, 3.05) is 6.54 Å². The Morgan fingerprint density at radius 2 is 2.25 bits per heavy atom. The van der Waals surface area contributed by atoms with Crippen molar-refractivity contribution >= 4 is 0 Å². The van der Waals surface area contributed by atoms with Gasteiger partial charge >= 0.3 is 0 Å². The third-order valence-corrected chi connectivity index (χ3v) is 4.85. The number of rotatable bonds is 0. The van der Waals surface area contributed by atoms with E-state index in [9.17, 15) is 5.11 Å². The molecule has 1 saturated heterocycles. The van der Waals surface area contributed by atoms with Crippen LogP contribution in [0.3, 0.4) is 0 Å². The van der Waals surface area contributed by atoms with Gasteiger partial charge in [-0.2, -0.15) is 0 Å². The molecular formula is C14H19NO. The lowest BCUT2D eigenvalue weighted by Crippen LogP contribution is -2.56. The first-order valence-corrected chi connectivity index (χ1v) is 6.17. The van der Waals surface area contributed by atoms with Gasteiger partial charge in [0.15, 0.2) is 0 Å². The van der Waals surface area contributed by atoms with Crippen LogP contribution in [0, 0.1) is 5.92 Å². The fourth-order valence-corrected chi connectivity index (χ4v) is 3.54. The Kier molecular flexibility index (Phi) is 2.05. The number of hydrogen-bond donors (Lipinski definition) is 2. The van der Waals surface area contributed by atoms with Gasteiger partial charge in [0, 0.05) is 6.04 Å². The normalized spacial score (nSPS) is 36.9. The first-order chi connectivity index (χ1) is 7.63. The number of fused-ring (bicyclic) bond motifs is 4. The van der Waals surface area contributed by atoms with Gasteiger partial charge in [-0.15, -0.1) is 0 Å². The van der Waals surface area contributed by atoms with Crippen LogP contribution in [-0.2, 0) is 11.8 Å². The summed E-state index contributed by atoms with van der Waals surface area (Å²) in [4.78, 5) is 0. The van der Waals surface area contributed by atoms with Gasteiger partial charge in [0.05, 0.1) is 0 Å². The summed E-state index contributed by atoms with van der Waals surface area (Å²) in [7, 11) is 0. The van der Waals surface area contributed by atoms with Crippen molar-refractivity contribution in [3.63, 3.8) is 0 Å². The van der Waals surface area contributed by atoms with Crippen LogP contribution in [0.5, 0.6) is 5.75 Å². The van der Waals surface area contributed by atoms with Gasteiger partial charge in [-0.1, -0.05) is 26.0 Å². The molecule has 1 fully saturated rings. The molecule has 1 aromatic rings. The predicted octanol–water partition coefficient (Wildman–Crippen LogP) is 2.20. The molecule has 2 N–H and O–H groups in total. The molecule has 3 rings (SSSR count). The molecule has 2 heteroatoms. The van der Waals surface area contributed by atoms with E-state index in [1.165, 1.54) is 17.5 Å². The zero-order valence-electron chi connectivity index (χ0n) is 9.96. The molecule has 2 aliphatic rings. The number of phenols is 1. The monoisotopic (exact) mass is 217 g/mol. The average Bonchev–Trinajstić information content (AvgIpc) is 2.24. The van der Waals surface area contributed by atoms with Crippen LogP contribution in [-0.4, -0.2) is 17.7 Å². The maximum Gasteiger partial charge on any atom is 0.119 e. The minimum absolute atomic E-state index is 0.238. The Bertz CT molecular complexity index is 429. The fourth-order valence-electron chi connectivity index (χ4n) is 3.54. The van der Waals surface area contributed by atoms with Crippen molar-refractivity contribution in [2.45, 2.75) is 38.1 Å². The third-order valence-electron chi connectivity index (χ3n) is 4.85. The highest BCUT2D eigenvalue weighted by Crippen LogP contribution is 2.47. The topological polar surface area (TPSA) is 32.3 Å². The molecule has 3 unspecified atom stereocenters. The smallest absolute Gasteiger partial charge is 0.119 e. The summed E-state index contributed by atoms with van der Waals surface area (Å²) < 4.78 is 0. The standard InChI is InChI=1S/C14H19NO/c1-9-12-8-10-11(4-3-5-13(10)16)14(9,2)6-7-15-12/h3-5,9,12,15-16H,6-8H2,1-2H3. The van der Waals surface area contributed by atoms with E-state index in [1.54, 1.807) is 0 Å². The summed E-state index contributed by atoms with van der Waals surface area (Å²) in [6, 6.07) is 6.52. The fraction of sp³-hybridized carbons (Fsp3) is 0.571. The predicted molar refractivity (Wildman–Crippen MR) is 64.7 cm³/mol. The molecule has 0 saturated carbocycles. The van der Waals surface area contributed by atoms with Gasteiger partial charge in [0.2, 0.25) is 0 Å². The van der Waals surface area contributed by atoms with E-state index in [0.29, 0.717) is 17.7 Å². The van der Waals surface area contributed by atoms with Gasteiger partial charge in [-0.3, -0.25) is 0 Å². The number of phenolic OH excluding ortho intramolecular Hbond substituents is 1. The van der Waals surface area contributed by atoms with E-state index in [2.05, 4.69) is 25.2 Å². The Balaban J connectivity index is 2.21. The van der Waals surface area contributed by atoms with Crippen LogP contribution in [0.2, 0.25) is 0 Å². The Morgan fingerprint density at radius 1 is 1.44 bits per heavy atom. The minimum atomic E-state index is 0.238. The van der Waals surface area contributed by atoms with E-state index in [0.717, 1.165) is 13.0 Å². The maximum absolute atomic E-state index is 9.98. The largest absolute Gasteiger partial charge is 0.508 e. The van der Waals surface area contributed by atoms with Crippen LogP contribution < -0.4 is 5.32 Å². The van der Waals surface area contributed by atoms with Crippen LogP contribution in [0.4, 0.5) is 0 Å². The zero-order chi connectivity index (χ0) is 11.3. The molecular weight excluding hydrogens is 198 g/mol. The lowest BCUT2D eigenvalue weighted by Gasteiger charge is -2.50. The van der Waals surface area contributed by atoms with Gasteiger partial charge in [0.25, 0.3) is 0 Å². The van der Waals surface area contributed by atoms with Crippen molar-refractivity contribution < 1.29 is 5.11 Å². The molecule has 1 aromatic carbocycles. The van der Waals surface area contributed by atoms with Gasteiger partial charge < -0.3 is 10.4 Å². The molecule has 86 valence electrons. The van der Waals surface area contributed by atoms with Crippen LogP contribution in [0.1, 0.15) is 31.4 Å². The molecule has 2 bridgehead atoms. The summed E-state index contributed by atoms with van der Waals surface area (Å²) in [5.41, 5.74) is 2.78. The number of benzene rings is 1. The summed E-state index contributed by atoms with van der Waals surface area (Å²) in [6.45, 7) is 5.79. The third kappa shape index (κ3) is 1.17. The summed E-state index contributed by atoms with van der Waals surface area (Å²) in [6.07, 6.45) is 2.14. The Hall–Kier alpha value is -1.02. The molecule has 2 nitrogen and oxygen atoms in total. The van der Waals surface area contributed by atoms with Crippen LogP contribution >= 0.6 is 0 Å². The first kappa shape index (κ1) is 10.2. The van der Waals surface area contributed by atoms with Crippen LogP contribution in [0.25, 0.3) is 0 Å². The second kappa shape index (κ2) is 3.24. The molecule has 1 heterocycles. The number of piperidine rings is 1. The summed E-state index contributed by atoms with van der Waals surface area (Å²) in [5, 5.41) is 13.6. The van der Waals surface area contributed by atoms with E-state index in [4.69, 9.17) is 0 Å².